The van der Waals surface area contributed by atoms with Gasteiger partial charge in [-0.15, -0.1) is 0 Å². The lowest BCUT2D eigenvalue weighted by atomic mass is 9.85. The Hall–Kier alpha value is -2.24. The van der Waals surface area contributed by atoms with Crippen molar-refractivity contribution >= 4 is 17.6 Å². The first-order valence-corrected chi connectivity index (χ1v) is 9.02. The van der Waals surface area contributed by atoms with Crippen molar-refractivity contribution < 1.29 is 9.59 Å². The fourth-order valence-corrected chi connectivity index (χ4v) is 3.22. The Morgan fingerprint density at radius 3 is 2.28 bits per heavy atom. The van der Waals surface area contributed by atoms with E-state index in [4.69, 9.17) is 0 Å². The highest BCUT2D eigenvalue weighted by atomic mass is 16.2. The van der Waals surface area contributed by atoms with E-state index in [9.17, 15) is 9.59 Å². The highest BCUT2D eigenvalue weighted by Crippen LogP contribution is 2.24. The SMILES string of the molecule is CNC(=O)C1CCC(NC(=O)NCCc2ccc(N(C)C)cc2)CC1. The normalized spacial score (nSPS) is 19.8. The van der Waals surface area contributed by atoms with E-state index in [1.54, 1.807) is 7.05 Å². The molecule has 0 aliphatic heterocycles. The minimum absolute atomic E-state index is 0.0937. The lowest BCUT2D eigenvalue weighted by Crippen LogP contribution is -2.45. The first kappa shape index (κ1) is 19.1. The molecule has 0 bridgehead atoms. The monoisotopic (exact) mass is 346 g/mol. The second-order valence-corrected chi connectivity index (χ2v) is 6.87. The Morgan fingerprint density at radius 1 is 1.08 bits per heavy atom. The Kier molecular flexibility index (Phi) is 7.10. The third-order valence-electron chi connectivity index (χ3n) is 4.83. The maximum atomic E-state index is 12.0. The van der Waals surface area contributed by atoms with Crippen LogP contribution in [0, 0.1) is 5.92 Å². The molecule has 1 aliphatic carbocycles. The van der Waals surface area contributed by atoms with Crippen molar-refractivity contribution in [3.05, 3.63) is 29.8 Å². The van der Waals surface area contributed by atoms with E-state index in [0.29, 0.717) is 6.54 Å². The molecule has 1 saturated carbocycles. The van der Waals surface area contributed by atoms with Crippen LogP contribution in [0.25, 0.3) is 0 Å². The third-order valence-corrected chi connectivity index (χ3v) is 4.83. The van der Waals surface area contributed by atoms with E-state index >= 15 is 0 Å². The zero-order valence-corrected chi connectivity index (χ0v) is 15.5. The number of nitrogens with zero attached hydrogens (tertiary/aromatic N) is 1. The topological polar surface area (TPSA) is 73.5 Å². The summed E-state index contributed by atoms with van der Waals surface area (Å²) in [7, 11) is 5.71. The molecule has 0 radical (unpaired) electrons. The summed E-state index contributed by atoms with van der Waals surface area (Å²) < 4.78 is 0. The minimum Gasteiger partial charge on any atom is -0.378 e. The number of anilines is 1. The van der Waals surface area contributed by atoms with Gasteiger partial charge in [0.25, 0.3) is 0 Å². The van der Waals surface area contributed by atoms with Crippen LogP contribution in [-0.4, -0.2) is 45.7 Å². The summed E-state index contributed by atoms with van der Waals surface area (Å²) in [6.45, 7) is 0.612. The molecule has 1 aliphatic rings. The second-order valence-electron chi connectivity index (χ2n) is 6.87. The van der Waals surface area contributed by atoms with Crippen molar-refractivity contribution in [2.45, 2.75) is 38.1 Å². The molecule has 0 heterocycles. The molecule has 6 nitrogen and oxygen atoms in total. The molecular weight excluding hydrogens is 316 g/mol. The summed E-state index contributed by atoms with van der Waals surface area (Å²) >= 11 is 0. The fourth-order valence-electron chi connectivity index (χ4n) is 3.22. The second kappa shape index (κ2) is 9.30. The number of hydrogen-bond acceptors (Lipinski definition) is 3. The van der Waals surface area contributed by atoms with Crippen LogP contribution in [-0.2, 0) is 11.2 Å². The van der Waals surface area contributed by atoms with Crippen LogP contribution in [0.5, 0.6) is 0 Å². The van der Waals surface area contributed by atoms with Crippen LogP contribution in [0.3, 0.4) is 0 Å². The van der Waals surface area contributed by atoms with Crippen LogP contribution in [0.15, 0.2) is 24.3 Å². The number of amides is 3. The van der Waals surface area contributed by atoms with Crippen LogP contribution in [0.4, 0.5) is 10.5 Å². The van der Waals surface area contributed by atoms with E-state index in [0.717, 1.165) is 32.1 Å². The molecule has 6 heteroatoms. The maximum absolute atomic E-state index is 12.0. The molecule has 1 aromatic rings. The summed E-state index contributed by atoms with van der Waals surface area (Å²) in [6, 6.07) is 8.40. The number of hydrogen-bond donors (Lipinski definition) is 3. The number of urea groups is 1. The number of benzene rings is 1. The van der Waals surface area contributed by atoms with Crippen molar-refractivity contribution in [3.8, 4) is 0 Å². The van der Waals surface area contributed by atoms with E-state index in [-0.39, 0.29) is 23.9 Å². The van der Waals surface area contributed by atoms with E-state index < -0.39 is 0 Å². The van der Waals surface area contributed by atoms with Crippen molar-refractivity contribution in [1.29, 1.82) is 0 Å². The molecule has 0 saturated heterocycles. The Labute approximate surface area is 150 Å². The van der Waals surface area contributed by atoms with Gasteiger partial charge in [-0.1, -0.05) is 12.1 Å². The van der Waals surface area contributed by atoms with Crippen molar-refractivity contribution in [2.75, 3.05) is 32.6 Å². The van der Waals surface area contributed by atoms with Gasteiger partial charge in [-0.25, -0.2) is 4.79 Å². The van der Waals surface area contributed by atoms with Gasteiger partial charge in [0.1, 0.15) is 0 Å². The van der Waals surface area contributed by atoms with Gasteiger partial charge < -0.3 is 20.9 Å². The van der Waals surface area contributed by atoms with Gasteiger partial charge in [0.05, 0.1) is 0 Å². The lowest BCUT2D eigenvalue weighted by molar-refractivity contribution is -0.125. The van der Waals surface area contributed by atoms with Crippen molar-refractivity contribution in [1.82, 2.24) is 16.0 Å². The highest BCUT2D eigenvalue weighted by molar-refractivity contribution is 5.78. The molecule has 0 aromatic heterocycles. The van der Waals surface area contributed by atoms with Gasteiger partial charge in [0.2, 0.25) is 5.91 Å². The van der Waals surface area contributed by atoms with Crippen LogP contribution in [0.2, 0.25) is 0 Å². The molecule has 2 rings (SSSR count). The first-order chi connectivity index (χ1) is 12.0. The largest absolute Gasteiger partial charge is 0.378 e. The molecule has 3 amide bonds. The van der Waals surface area contributed by atoms with E-state index in [2.05, 4.69) is 45.1 Å². The Balaban J connectivity index is 1.65. The molecule has 1 aromatic carbocycles. The molecule has 0 unspecified atom stereocenters. The number of carbonyl (C=O) groups is 2. The summed E-state index contributed by atoms with van der Waals surface area (Å²) in [5, 5.41) is 8.64. The average molecular weight is 346 g/mol. The Bertz CT molecular complexity index is 563. The van der Waals surface area contributed by atoms with Gasteiger partial charge >= 0.3 is 6.03 Å². The molecule has 25 heavy (non-hydrogen) atoms. The summed E-state index contributed by atoms with van der Waals surface area (Å²) in [5.41, 5.74) is 2.37. The van der Waals surface area contributed by atoms with Gasteiger partial charge in [0.15, 0.2) is 0 Å². The molecule has 138 valence electrons. The average Bonchev–Trinajstić information content (AvgIpc) is 2.62. The van der Waals surface area contributed by atoms with Crippen molar-refractivity contribution in [2.24, 2.45) is 5.92 Å². The van der Waals surface area contributed by atoms with Gasteiger partial charge in [0, 0.05) is 45.3 Å². The summed E-state index contributed by atoms with van der Waals surface area (Å²) in [6.07, 6.45) is 4.20. The minimum atomic E-state index is -0.117. The molecule has 3 N–H and O–H groups in total. The van der Waals surface area contributed by atoms with Gasteiger partial charge in [-0.2, -0.15) is 0 Å². The van der Waals surface area contributed by atoms with Crippen LogP contribution >= 0.6 is 0 Å². The quantitative estimate of drug-likeness (QED) is 0.736. The van der Waals surface area contributed by atoms with E-state index in [1.165, 1.54) is 11.3 Å². The maximum Gasteiger partial charge on any atom is 0.315 e. The van der Waals surface area contributed by atoms with Crippen LogP contribution in [0.1, 0.15) is 31.2 Å². The summed E-state index contributed by atoms with van der Waals surface area (Å²) in [5.74, 6) is 0.208. The predicted molar refractivity (Wildman–Crippen MR) is 101 cm³/mol. The van der Waals surface area contributed by atoms with Gasteiger partial charge in [-0.05, 0) is 49.8 Å². The zero-order chi connectivity index (χ0) is 18.2. The standard InChI is InChI=1S/C19H30N4O2/c1-20-18(24)15-6-8-16(9-7-15)22-19(25)21-13-12-14-4-10-17(11-5-14)23(2)3/h4-5,10-11,15-16H,6-9,12-13H2,1-3H3,(H,20,24)(H2,21,22,25). The Morgan fingerprint density at radius 2 is 1.72 bits per heavy atom. The van der Waals surface area contributed by atoms with Crippen molar-refractivity contribution in [3.63, 3.8) is 0 Å². The molecular formula is C19H30N4O2. The number of rotatable bonds is 6. The molecule has 0 spiro atoms. The zero-order valence-electron chi connectivity index (χ0n) is 15.5. The fraction of sp³-hybridized carbons (Fsp3) is 0.579. The predicted octanol–water partition coefficient (Wildman–Crippen LogP) is 1.90. The highest BCUT2D eigenvalue weighted by Gasteiger charge is 2.26. The smallest absolute Gasteiger partial charge is 0.315 e. The summed E-state index contributed by atoms with van der Waals surface area (Å²) in [4.78, 5) is 25.7. The third kappa shape index (κ3) is 5.96. The number of carbonyl (C=O) groups excluding carboxylic acids is 2. The molecule has 0 atom stereocenters. The van der Waals surface area contributed by atoms with E-state index in [1.807, 2.05) is 14.1 Å². The number of nitrogens with one attached hydrogen (secondary N) is 3. The van der Waals surface area contributed by atoms with Crippen LogP contribution < -0.4 is 20.9 Å². The first-order valence-electron chi connectivity index (χ1n) is 9.02. The van der Waals surface area contributed by atoms with Gasteiger partial charge in [-0.3, -0.25) is 4.79 Å². The molecule has 1 fully saturated rings. The lowest BCUT2D eigenvalue weighted by Gasteiger charge is -2.28.